The lowest BCUT2D eigenvalue weighted by Crippen LogP contribution is -2.42. The molecule has 1 saturated carbocycles. The Morgan fingerprint density at radius 1 is 1.11 bits per heavy atom. The van der Waals surface area contributed by atoms with Gasteiger partial charge in [0.15, 0.2) is 0 Å². The van der Waals surface area contributed by atoms with E-state index in [4.69, 9.17) is 5.73 Å². The molecule has 0 heterocycles. The average Bonchev–Trinajstić information content (AvgIpc) is 3.53. The van der Waals surface area contributed by atoms with E-state index in [-0.39, 0.29) is 23.1 Å². The number of hydrogen-bond donors (Lipinski definition) is 2. The van der Waals surface area contributed by atoms with Gasteiger partial charge in [-0.1, -0.05) is 44.2 Å². The molecular formula is C23H29N3O2. The molecule has 0 bridgehead atoms. The van der Waals surface area contributed by atoms with Crippen LogP contribution in [0.1, 0.15) is 42.6 Å². The maximum absolute atomic E-state index is 12.8. The lowest BCUT2D eigenvalue weighted by atomic mass is 9.92. The van der Waals surface area contributed by atoms with E-state index in [1.54, 1.807) is 12.1 Å². The van der Waals surface area contributed by atoms with Crippen LogP contribution in [0.2, 0.25) is 0 Å². The van der Waals surface area contributed by atoms with Crippen molar-refractivity contribution in [3.05, 3.63) is 65.7 Å². The van der Waals surface area contributed by atoms with Gasteiger partial charge in [0.05, 0.1) is 0 Å². The van der Waals surface area contributed by atoms with Gasteiger partial charge in [-0.05, 0) is 54.6 Å². The van der Waals surface area contributed by atoms with Crippen LogP contribution >= 0.6 is 0 Å². The molecule has 5 nitrogen and oxygen atoms in total. The zero-order chi connectivity index (χ0) is 20.1. The minimum atomic E-state index is -0.145. The highest BCUT2D eigenvalue weighted by Gasteiger charge is 2.35. The van der Waals surface area contributed by atoms with Crippen LogP contribution in [-0.2, 0) is 11.3 Å². The summed E-state index contributed by atoms with van der Waals surface area (Å²) in [5.41, 5.74) is 8.09. The first kappa shape index (κ1) is 20.1. The molecule has 2 amide bonds. The zero-order valence-corrected chi connectivity index (χ0v) is 16.7. The van der Waals surface area contributed by atoms with Gasteiger partial charge in [-0.2, -0.15) is 0 Å². The van der Waals surface area contributed by atoms with Gasteiger partial charge < -0.3 is 16.0 Å². The Morgan fingerprint density at radius 2 is 1.82 bits per heavy atom. The zero-order valence-electron chi connectivity index (χ0n) is 16.7. The SMILES string of the molecule is CC(C)(CN)CN(Cc1cccc(NC(=O)c2ccccc2)c1)C(=O)C1CC1. The van der Waals surface area contributed by atoms with Gasteiger partial charge in [-0.3, -0.25) is 9.59 Å². The number of nitrogens with one attached hydrogen (secondary N) is 1. The topological polar surface area (TPSA) is 75.4 Å². The van der Waals surface area contributed by atoms with E-state index in [9.17, 15) is 9.59 Å². The Kier molecular flexibility index (Phi) is 6.15. The highest BCUT2D eigenvalue weighted by Crippen LogP contribution is 2.32. The second kappa shape index (κ2) is 8.57. The number of benzene rings is 2. The number of rotatable bonds is 8. The number of amides is 2. The molecular weight excluding hydrogens is 350 g/mol. The number of nitrogens with zero attached hydrogens (tertiary/aromatic N) is 1. The highest BCUT2D eigenvalue weighted by atomic mass is 16.2. The normalized spacial score (nSPS) is 13.8. The monoisotopic (exact) mass is 379 g/mol. The lowest BCUT2D eigenvalue weighted by molar-refractivity contribution is -0.134. The quantitative estimate of drug-likeness (QED) is 0.735. The maximum atomic E-state index is 12.8. The minimum Gasteiger partial charge on any atom is -0.338 e. The van der Waals surface area contributed by atoms with Gasteiger partial charge in [0.1, 0.15) is 0 Å². The standard InChI is InChI=1S/C23H29N3O2/c1-23(2,15-24)16-26(22(28)19-11-12-19)14-17-7-6-10-20(13-17)25-21(27)18-8-4-3-5-9-18/h3-10,13,19H,11-12,14-16,24H2,1-2H3,(H,25,27). The molecule has 0 atom stereocenters. The third-order valence-electron chi connectivity index (χ3n) is 5.00. The summed E-state index contributed by atoms with van der Waals surface area (Å²) in [7, 11) is 0. The van der Waals surface area contributed by atoms with Crippen molar-refractivity contribution in [3.63, 3.8) is 0 Å². The summed E-state index contributed by atoms with van der Waals surface area (Å²) < 4.78 is 0. The minimum absolute atomic E-state index is 0.135. The van der Waals surface area contributed by atoms with Crippen LogP contribution in [0, 0.1) is 11.3 Å². The summed E-state index contributed by atoms with van der Waals surface area (Å²) in [4.78, 5) is 27.1. The molecule has 0 spiro atoms. The number of carbonyl (C=O) groups excluding carboxylic acids is 2. The number of nitrogens with two attached hydrogens (primary N) is 1. The van der Waals surface area contributed by atoms with Gasteiger partial charge in [-0.25, -0.2) is 0 Å². The molecule has 0 saturated heterocycles. The summed E-state index contributed by atoms with van der Waals surface area (Å²) in [5.74, 6) is 0.225. The van der Waals surface area contributed by atoms with Crippen molar-refractivity contribution in [2.45, 2.75) is 33.2 Å². The molecule has 1 aliphatic rings. The number of carbonyl (C=O) groups is 2. The third kappa shape index (κ3) is 5.42. The summed E-state index contributed by atoms with van der Waals surface area (Å²) in [5, 5.41) is 2.93. The molecule has 0 aliphatic heterocycles. The van der Waals surface area contributed by atoms with Crippen molar-refractivity contribution in [1.29, 1.82) is 0 Å². The Balaban J connectivity index is 1.72. The largest absolute Gasteiger partial charge is 0.338 e. The van der Waals surface area contributed by atoms with Crippen LogP contribution in [0.4, 0.5) is 5.69 Å². The van der Waals surface area contributed by atoms with Crippen LogP contribution in [0.25, 0.3) is 0 Å². The predicted octanol–water partition coefficient (Wildman–Crippen LogP) is 3.66. The van der Waals surface area contributed by atoms with Crippen LogP contribution < -0.4 is 11.1 Å². The average molecular weight is 380 g/mol. The third-order valence-corrected chi connectivity index (χ3v) is 5.00. The van der Waals surface area contributed by atoms with Crippen molar-refractivity contribution >= 4 is 17.5 Å². The van der Waals surface area contributed by atoms with Crippen molar-refractivity contribution in [3.8, 4) is 0 Å². The van der Waals surface area contributed by atoms with Crippen LogP contribution in [-0.4, -0.2) is 29.8 Å². The van der Waals surface area contributed by atoms with E-state index in [0.29, 0.717) is 25.2 Å². The Labute approximate surface area is 166 Å². The summed E-state index contributed by atoms with van der Waals surface area (Å²) in [6.07, 6.45) is 1.96. The van der Waals surface area contributed by atoms with Crippen LogP contribution in [0.3, 0.4) is 0 Å². The van der Waals surface area contributed by atoms with E-state index in [0.717, 1.165) is 24.1 Å². The summed E-state index contributed by atoms with van der Waals surface area (Å²) in [6.45, 7) is 5.83. The Hall–Kier alpha value is -2.66. The fraction of sp³-hybridized carbons (Fsp3) is 0.391. The molecule has 2 aromatic carbocycles. The van der Waals surface area contributed by atoms with E-state index in [1.807, 2.05) is 47.4 Å². The molecule has 1 fully saturated rings. The van der Waals surface area contributed by atoms with E-state index >= 15 is 0 Å². The summed E-state index contributed by atoms with van der Waals surface area (Å²) in [6, 6.07) is 16.8. The fourth-order valence-electron chi connectivity index (χ4n) is 3.14. The van der Waals surface area contributed by atoms with Gasteiger partial charge in [0.2, 0.25) is 5.91 Å². The van der Waals surface area contributed by atoms with Gasteiger partial charge >= 0.3 is 0 Å². The molecule has 0 aromatic heterocycles. The highest BCUT2D eigenvalue weighted by molar-refractivity contribution is 6.04. The Morgan fingerprint density at radius 3 is 2.46 bits per heavy atom. The molecule has 0 unspecified atom stereocenters. The first-order valence-electron chi connectivity index (χ1n) is 9.82. The van der Waals surface area contributed by atoms with Crippen LogP contribution in [0.5, 0.6) is 0 Å². The first-order chi connectivity index (χ1) is 13.4. The maximum Gasteiger partial charge on any atom is 0.255 e. The smallest absolute Gasteiger partial charge is 0.255 e. The molecule has 1 aliphatic carbocycles. The number of anilines is 1. The molecule has 5 heteroatoms. The van der Waals surface area contributed by atoms with E-state index < -0.39 is 0 Å². The van der Waals surface area contributed by atoms with Gasteiger partial charge in [-0.15, -0.1) is 0 Å². The second-order valence-electron chi connectivity index (χ2n) is 8.36. The van der Waals surface area contributed by atoms with Crippen molar-refractivity contribution in [2.24, 2.45) is 17.1 Å². The van der Waals surface area contributed by atoms with Crippen LogP contribution in [0.15, 0.2) is 54.6 Å². The Bertz CT molecular complexity index is 829. The van der Waals surface area contributed by atoms with E-state index in [1.165, 1.54) is 0 Å². The second-order valence-corrected chi connectivity index (χ2v) is 8.36. The van der Waals surface area contributed by atoms with Crippen molar-refractivity contribution in [1.82, 2.24) is 4.90 Å². The fourth-order valence-corrected chi connectivity index (χ4v) is 3.14. The lowest BCUT2D eigenvalue weighted by Gasteiger charge is -2.32. The molecule has 148 valence electrons. The molecule has 3 N–H and O–H groups in total. The molecule has 28 heavy (non-hydrogen) atoms. The van der Waals surface area contributed by atoms with Gasteiger partial charge in [0, 0.05) is 30.3 Å². The predicted molar refractivity (Wildman–Crippen MR) is 112 cm³/mol. The van der Waals surface area contributed by atoms with Crippen molar-refractivity contribution < 1.29 is 9.59 Å². The number of hydrogen-bond acceptors (Lipinski definition) is 3. The first-order valence-corrected chi connectivity index (χ1v) is 9.82. The molecule has 2 aromatic rings. The molecule has 0 radical (unpaired) electrons. The van der Waals surface area contributed by atoms with E-state index in [2.05, 4.69) is 19.2 Å². The van der Waals surface area contributed by atoms with Gasteiger partial charge in [0.25, 0.3) is 5.91 Å². The summed E-state index contributed by atoms with van der Waals surface area (Å²) >= 11 is 0. The molecule has 3 rings (SSSR count). The van der Waals surface area contributed by atoms with Crippen molar-refractivity contribution in [2.75, 3.05) is 18.4 Å².